The van der Waals surface area contributed by atoms with Gasteiger partial charge in [-0.1, -0.05) is 0 Å². The molecule has 68 valence electrons. The van der Waals surface area contributed by atoms with Crippen molar-refractivity contribution in [3.8, 4) is 0 Å². The molecule has 1 aromatic carbocycles. The molecule has 0 aliphatic rings. The second-order valence-electron chi connectivity index (χ2n) is 2.64. The molecule has 0 amide bonds. The number of halogens is 1. The lowest BCUT2D eigenvalue weighted by Crippen LogP contribution is -1.98. The summed E-state index contributed by atoms with van der Waals surface area (Å²) in [5, 5.41) is 0. The van der Waals surface area contributed by atoms with Crippen LogP contribution in [0.2, 0.25) is 0 Å². The SMILES string of the molecule is O=CCCC(=O)c1ccc([18F])cc1. The molecule has 1 aromatic rings. The first-order valence-corrected chi connectivity index (χ1v) is 3.96. The monoisotopic (exact) mass is 179 g/mol. The van der Waals surface area contributed by atoms with Crippen molar-refractivity contribution in [3.05, 3.63) is 35.6 Å². The Labute approximate surface area is 75.4 Å². The molecule has 0 atom stereocenters. The van der Waals surface area contributed by atoms with E-state index in [0.717, 1.165) is 0 Å². The zero-order valence-corrected chi connectivity index (χ0v) is 7.00. The van der Waals surface area contributed by atoms with Gasteiger partial charge in [0, 0.05) is 18.4 Å². The van der Waals surface area contributed by atoms with E-state index in [1.54, 1.807) is 0 Å². The van der Waals surface area contributed by atoms with Gasteiger partial charge in [0.2, 0.25) is 0 Å². The third kappa shape index (κ3) is 2.78. The van der Waals surface area contributed by atoms with Crippen molar-refractivity contribution in [2.24, 2.45) is 0 Å². The number of rotatable bonds is 4. The Morgan fingerprint density at radius 1 is 1.31 bits per heavy atom. The molecular formula is C10H9FO2. The number of hydrogen-bond donors (Lipinski definition) is 0. The van der Waals surface area contributed by atoms with Crippen molar-refractivity contribution in [2.75, 3.05) is 0 Å². The standard InChI is InChI=1S/C10H9FO2/c11-9-5-3-8(4-6-9)10(13)2-1-7-12/h3-7H,1-2H2/i11-1. The number of benzene rings is 1. The van der Waals surface area contributed by atoms with Gasteiger partial charge >= 0.3 is 0 Å². The molecule has 13 heavy (non-hydrogen) atoms. The number of carbonyl (C=O) groups excluding carboxylic acids is 2. The molecule has 1 rings (SSSR count). The van der Waals surface area contributed by atoms with Gasteiger partial charge in [-0.3, -0.25) is 4.79 Å². The molecule has 0 saturated carbocycles. The predicted octanol–water partition coefficient (Wildman–Crippen LogP) is 1.99. The van der Waals surface area contributed by atoms with Gasteiger partial charge in [0.1, 0.15) is 12.1 Å². The Kier molecular flexibility index (Phi) is 3.31. The number of Topliss-reactive ketones (excluding diaryl/α,β-unsaturated/α-hetero) is 1. The molecule has 3 heteroatoms. The van der Waals surface area contributed by atoms with Crippen LogP contribution in [0.4, 0.5) is 4.39 Å². The van der Waals surface area contributed by atoms with Crippen LogP contribution >= 0.6 is 0 Å². The Bertz CT molecular complexity index is 303. The van der Waals surface area contributed by atoms with E-state index in [9.17, 15) is 14.0 Å². The molecule has 0 radical (unpaired) electrons. The van der Waals surface area contributed by atoms with Crippen molar-refractivity contribution in [2.45, 2.75) is 12.8 Å². The van der Waals surface area contributed by atoms with Crippen molar-refractivity contribution in [1.82, 2.24) is 0 Å². The number of hydrogen-bond acceptors (Lipinski definition) is 2. The average molecular weight is 179 g/mol. The van der Waals surface area contributed by atoms with E-state index < -0.39 is 0 Å². The van der Waals surface area contributed by atoms with Crippen molar-refractivity contribution in [3.63, 3.8) is 0 Å². The van der Waals surface area contributed by atoms with Crippen LogP contribution in [0.25, 0.3) is 0 Å². The Hall–Kier alpha value is -1.51. The fraction of sp³-hybridized carbons (Fsp3) is 0.200. The van der Waals surface area contributed by atoms with E-state index in [2.05, 4.69) is 0 Å². The molecule has 2 nitrogen and oxygen atoms in total. The largest absolute Gasteiger partial charge is 0.303 e. The summed E-state index contributed by atoms with van der Waals surface area (Å²) in [6.07, 6.45) is 1.10. The van der Waals surface area contributed by atoms with Gasteiger partial charge in [-0.15, -0.1) is 0 Å². The predicted molar refractivity (Wildman–Crippen MR) is 46.0 cm³/mol. The third-order valence-electron chi connectivity index (χ3n) is 1.66. The van der Waals surface area contributed by atoms with E-state index in [0.29, 0.717) is 11.8 Å². The summed E-state index contributed by atoms with van der Waals surface area (Å²) in [6.45, 7) is 0. The summed E-state index contributed by atoms with van der Waals surface area (Å²) in [5.74, 6) is -0.501. The van der Waals surface area contributed by atoms with E-state index in [1.807, 2.05) is 0 Å². The lowest BCUT2D eigenvalue weighted by molar-refractivity contribution is -0.107. The fourth-order valence-electron chi connectivity index (χ4n) is 0.970. The topological polar surface area (TPSA) is 34.1 Å². The zero-order chi connectivity index (χ0) is 9.68. The highest BCUT2D eigenvalue weighted by atomic mass is 18.2. The first kappa shape index (κ1) is 9.58. The Morgan fingerprint density at radius 2 is 1.92 bits per heavy atom. The maximum Gasteiger partial charge on any atom is 0.163 e. The van der Waals surface area contributed by atoms with Crippen LogP contribution in [-0.2, 0) is 4.79 Å². The highest BCUT2D eigenvalue weighted by Gasteiger charge is 2.04. The maximum atomic E-state index is 12.4. The van der Waals surface area contributed by atoms with E-state index in [1.165, 1.54) is 24.3 Å². The molecule has 0 N–H and O–H groups in total. The van der Waals surface area contributed by atoms with Crippen LogP contribution in [0.5, 0.6) is 0 Å². The van der Waals surface area contributed by atoms with Crippen LogP contribution in [0.3, 0.4) is 0 Å². The second kappa shape index (κ2) is 4.50. The summed E-state index contributed by atoms with van der Waals surface area (Å²) in [5.41, 5.74) is 0.447. The third-order valence-corrected chi connectivity index (χ3v) is 1.66. The molecule has 0 saturated heterocycles. The van der Waals surface area contributed by atoms with Gasteiger partial charge < -0.3 is 4.79 Å². The molecule has 0 unspecified atom stereocenters. The lowest BCUT2D eigenvalue weighted by Gasteiger charge is -1.97. The van der Waals surface area contributed by atoms with E-state index >= 15 is 0 Å². The number of carbonyl (C=O) groups is 2. The molecule has 0 aromatic heterocycles. The minimum Gasteiger partial charge on any atom is -0.303 e. The Morgan fingerprint density at radius 3 is 2.46 bits per heavy atom. The van der Waals surface area contributed by atoms with Crippen LogP contribution in [0.1, 0.15) is 23.2 Å². The summed E-state index contributed by atoms with van der Waals surface area (Å²) in [7, 11) is 0. The average Bonchev–Trinajstić information content (AvgIpc) is 2.15. The molecule has 0 aliphatic carbocycles. The van der Waals surface area contributed by atoms with Crippen LogP contribution in [0.15, 0.2) is 24.3 Å². The normalized spacial score (nSPS) is 9.62. The van der Waals surface area contributed by atoms with Gasteiger partial charge in [0.05, 0.1) is 0 Å². The summed E-state index contributed by atoms with van der Waals surface area (Å²) < 4.78 is 12.4. The number of ketones is 1. The number of aldehydes is 1. The summed E-state index contributed by atoms with van der Waals surface area (Å²) >= 11 is 0. The van der Waals surface area contributed by atoms with E-state index in [-0.39, 0.29) is 24.4 Å². The zero-order valence-electron chi connectivity index (χ0n) is 7.00. The van der Waals surface area contributed by atoms with Crippen LogP contribution in [-0.4, -0.2) is 12.1 Å². The molecule has 0 bridgehead atoms. The van der Waals surface area contributed by atoms with Gasteiger partial charge in [-0.2, -0.15) is 0 Å². The van der Waals surface area contributed by atoms with Gasteiger partial charge in [0.15, 0.2) is 5.78 Å². The van der Waals surface area contributed by atoms with Gasteiger partial charge in [-0.25, -0.2) is 4.39 Å². The smallest absolute Gasteiger partial charge is 0.163 e. The first-order chi connectivity index (χ1) is 6.24. The van der Waals surface area contributed by atoms with E-state index in [4.69, 9.17) is 0 Å². The van der Waals surface area contributed by atoms with Crippen molar-refractivity contribution in [1.29, 1.82) is 0 Å². The van der Waals surface area contributed by atoms with Crippen LogP contribution in [0, 0.1) is 5.82 Å². The molecule has 0 aliphatic heterocycles. The molecule has 0 spiro atoms. The molecule has 0 fully saturated rings. The van der Waals surface area contributed by atoms with Crippen molar-refractivity contribution < 1.29 is 14.0 Å². The van der Waals surface area contributed by atoms with Crippen molar-refractivity contribution >= 4 is 12.1 Å². The second-order valence-corrected chi connectivity index (χ2v) is 2.64. The highest BCUT2D eigenvalue weighted by Crippen LogP contribution is 2.06. The maximum absolute atomic E-state index is 12.4. The highest BCUT2D eigenvalue weighted by molar-refractivity contribution is 5.96. The minimum atomic E-state index is -0.369. The lowest BCUT2D eigenvalue weighted by atomic mass is 10.1. The van der Waals surface area contributed by atoms with Gasteiger partial charge in [0.25, 0.3) is 0 Å². The quantitative estimate of drug-likeness (QED) is 0.523. The Balaban J connectivity index is 2.66. The fourth-order valence-corrected chi connectivity index (χ4v) is 0.970. The molecular weight excluding hydrogens is 170 g/mol. The summed E-state index contributed by atoms with van der Waals surface area (Å²) in [4.78, 5) is 21.2. The first-order valence-electron chi connectivity index (χ1n) is 3.96. The van der Waals surface area contributed by atoms with Gasteiger partial charge in [-0.05, 0) is 24.3 Å². The molecule has 0 heterocycles. The van der Waals surface area contributed by atoms with Crippen LogP contribution < -0.4 is 0 Å². The summed E-state index contributed by atoms with van der Waals surface area (Å²) in [6, 6.07) is 5.30. The minimum absolute atomic E-state index is 0.132.